The van der Waals surface area contributed by atoms with Gasteiger partial charge < -0.3 is 15.2 Å². The van der Waals surface area contributed by atoms with Crippen molar-refractivity contribution in [3.05, 3.63) is 22.2 Å². The van der Waals surface area contributed by atoms with E-state index in [1.54, 1.807) is 12.1 Å². The summed E-state index contributed by atoms with van der Waals surface area (Å²) in [6.45, 7) is 0.210. The van der Waals surface area contributed by atoms with Crippen LogP contribution in [0.1, 0.15) is 5.56 Å². The fourth-order valence-corrected chi connectivity index (χ4v) is 1.62. The summed E-state index contributed by atoms with van der Waals surface area (Å²) in [5.41, 5.74) is 7.72. The number of halogens is 1. The van der Waals surface area contributed by atoms with Gasteiger partial charge in [0.15, 0.2) is 11.5 Å². The first kappa shape index (κ1) is 10.7. The van der Waals surface area contributed by atoms with Gasteiger partial charge in [-0.3, -0.25) is 0 Å². The molecule has 0 spiro atoms. The Hall–Kier alpha value is -1.76. The minimum atomic E-state index is -0.715. The van der Waals surface area contributed by atoms with Gasteiger partial charge in [0, 0.05) is 10.0 Å². The van der Waals surface area contributed by atoms with Crippen molar-refractivity contribution in [2.24, 2.45) is 10.8 Å². The molecule has 0 unspecified atom stereocenters. The second-order valence-corrected chi connectivity index (χ2v) is 3.82. The van der Waals surface area contributed by atoms with Crippen molar-refractivity contribution in [2.75, 3.05) is 6.79 Å². The van der Waals surface area contributed by atoms with Gasteiger partial charge >= 0.3 is 6.03 Å². The van der Waals surface area contributed by atoms with Gasteiger partial charge in [-0.1, -0.05) is 0 Å². The molecule has 1 heterocycles. The zero-order valence-corrected chi connectivity index (χ0v) is 9.65. The normalized spacial score (nSPS) is 13.1. The minimum Gasteiger partial charge on any atom is -0.454 e. The fraction of sp³-hybridized carbons (Fsp3) is 0.111. The predicted molar refractivity (Wildman–Crippen MR) is 60.6 cm³/mol. The second kappa shape index (κ2) is 4.40. The molecule has 1 aliphatic heterocycles. The molecule has 0 atom stereocenters. The Morgan fingerprint density at radius 3 is 2.88 bits per heavy atom. The van der Waals surface area contributed by atoms with Crippen LogP contribution in [-0.4, -0.2) is 19.0 Å². The van der Waals surface area contributed by atoms with E-state index in [1.165, 1.54) is 6.21 Å². The molecule has 7 heteroatoms. The molecule has 3 N–H and O–H groups in total. The number of rotatable bonds is 2. The maximum absolute atomic E-state index is 10.4. The number of hydrazone groups is 1. The zero-order chi connectivity index (χ0) is 11.5. The first-order chi connectivity index (χ1) is 7.66. The van der Waals surface area contributed by atoms with E-state index in [9.17, 15) is 4.79 Å². The second-order valence-electron chi connectivity index (χ2n) is 2.96. The Balaban J connectivity index is 2.21. The molecule has 0 bridgehead atoms. The SMILES string of the molecule is NC(=O)N/N=C\c1cc2c(cc1Br)OCO2. The van der Waals surface area contributed by atoms with Crippen LogP contribution in [0.2, 0.25) is 0 Å². The van der Waals surface area contributed by atoms with Gasteiger partial charge in [0.1, 0.15) is 0 Å². The number of hydrogen-bond acceptors (Lipinski definition) is 4. The number of urea groups is 1. The number of amides is 2. The highest BCUT2D eigenvalue weighted by Crippen LogP contribution is 2.36. The summed E-state index contributed by atoms with van der Waals surface area (Å²) in [5, 5.41) is 3.65. The van der Waals surface area contributed by atoms with Crippen LogP contribution in [0, 0.1) is 0 Å². The predicted octanol–water partition coefficient (Wildman–Crippen LogP) is 1.18. The number of ether oxygens (including phenoxy) is 2. The van der Waals surface area contributed by atoms with E-state index in [0.717, 1.165) is 10.0 Å². The van der Waals surface area contributed by atoms with Crippen LogP contribution in [0.4, 0.5) is 4.79 Å². The van der Waals surface area contributed by atoms with E-state index in [2.05, 4.69) is 26.5 Å². The number of primary amides is 1. The quantitative estimate of drug-likeness (QED) is 0.632. The largest absolute Gasteiger partial charge is 0.454 e. The Kier molecular flexibility index (Phi) is 2.95. The highest BCUT2D eigenvalue weighted by molar-refractivity contribution is 9.10. The molecule has 1 aliphatic rings. The average molecular weight is 286 g/mol. The van der Waals surface area contributed by atoms with E-state index >= 15 is 0 Å². The highest BCUT2D eigenvalue weighted by Gasteiger charge is 2.15. The Morgan fingerprint density at radius 2 is 2.19 bits per heavy atom. The molecule has 0 saturated carbocycles. The maximum atomic E-state index is 10.4. The van der Waals surface area contributed by atoms with Crippen molar-refractivity contribution in [3.63, 3.8) is 0 Å². The number of nitrogens with zero attached hydrogens (tertiary/aromatic N) is 1. The molecular weight excluding hydrogens is 278 g/mol. The Bertz CT molecular complexity index is 462. The monoisotopic (exact) mass is 285 g/mol. The van der Waals surface area contributed by atoms with Crippen LogP contribution in [0.25, 0.3) is 0 Å². The topological polar surface area (TPSA) is 85.9 Å². The standard InChI is InChI=1S/C9H8BrN3O3/c10-6-2-8-7(15-4-16-8)1-5(6)3-12-13-9(11)14/h1-3H,4H2,(H3,11,13,14)/b12-3-. The molecule has 0 aromatic heterocycles. The third-order valence-corrected chi connectivity index (χ3v) is 2.56. The summed E-state index contributed by atoms with van der Waals surface area (Å²) in [6, 6.07) is 2.81. The van der Waals surface area contributed by atoms with E-state index in [4.69, 9.17) is 15.2 Å². The molecule has 0 saturated heterocycles. The molecule has 6 nitrogen and oxygen atoms in total. The van der Waals surface area contributed by atoms with Crippen LogP contribution in [-0.2, 0) is 0 Å². The Labute approximate surface area is 99.5 Å². The summed E-state index contributed by atoms with van der Waals surface area (Å²) in [4.78, 5) is 10.4. The maximum Gasteiger partial charge on any atom is 0.332 e. The Morgan fingerprint density at radius 1 is 1.50 bits per heavy atom. The van der Waals surface area contributed by atoms with Crippen molar-refractivity contribution >= 4 is 28.2 Å². The lowest BCUT2D eigenvalue weighted by Crippen LogP contribution is -2.24. The zero-order valence-electron chi connectivity index (χ0n) is 8.07. The van der Waals surface area contributed by atoms with Crippen molar-refractivity contribution in [1.29, 1.82) is 0 Å². The summed E-state index contributed by atoms with van der Waals surface area (Å²) in [7, 11) is 0. The highest BCUT2D eigenvalue weighted by atomic mass is 79.9. The number of nitrogens with one attached hydrogen (secondary N) is 1. The molecule has 2 amide bonds. The number of fused-ring (bicyclic) bond motifs is 1. The van der Waals surface area contributed by atoms with Crippen LogP contribution in [0.3, 0.4) is 0 Å². The van der Waals surface area contributed by atoms with E-state index < -0.39 is 6.03 Å². The number of nitrogens with two attached hydrogens (primary N) is 1. The first-order valence-corrected chi connectivity index (χ1v) is 5.14. The molecule has 0 radical (unpaired) electrons. The molecule has 0 aliphatic carbocycles. The minimum absolute atomic E-state index is 0.210. The molecule has 84 valence electrons. The van der Waals surface area contributed by atoms with E-state index in [1.807, 2.05) is 0 Å². The summed E-state index contributed by atoms with van der Waals surface area (Å²) < 4.78 is 11.2. The van der Waals surface area contributed by atoms with Gasteiger partial charge in [0.05, 0.1) is 6.21 Å². The van der Waals surface area contributed by atoms with Gasteiger partial charge in [-0.15, -0.1) is 0 Å². The summed E-state index contributed by atoms with van der Waals surface area (Å²) >= 11 is 3.35. The summed E-state index contributed by atoms with van der Waals surface area (Å²) in [5.74, 6) is 1.32. The van der Waals surface area contributed by atoms with Gasteiger partial charge in [-0.2, -0.15) is 5.10 Å². The third kappa shape index (κ3) is 2.25. The number of carbonyl (C=O) groups excluding carboxylic acids is 1. The molecule has 0 fully saturated rings. The van der Waals surface area contributed by atoms with Gasteiger partial charge in [0.2, 0.25) is 6.79 Å². The number of carbonyl (C=O) groups is 1. The van der Waals surface area contributed by atoms with Gasteiger partial charge in [0.25, 0.3) is 0 Å². The number of hydrogen-bond donors (Lipinski definition) is 2. The van der Waals surface area contributed by atoms with Crippen LogP contribution in [0.15, 0.2) is 21.7 Å². The average Bonchev–Trinajstić information content (AvgIpc) is 2.64. The lowest BCUT2D eigenvalue weighted by molar-refractivity contribution is 0.174. The molecule has 2 rings (SSSR count). The van der Waals surface area contributed by atoms with Crippen LogP contribution < -0.4 is 20.6 Å². The van der Waals surface area contributed by atoms with Crippen molar-refractivity contribution < 1.29 is 14.3 Å². The molecular formula is C9H8BrN3O3. The van der Waals surface area contributed by atoms with Gasteiger partial charge in [-0.25, -0.2) is 10.2 Å². The van der Waals surface area contributed by atoms with Crippen molar-refractivity contribution in [3.8, 4) is 11.5 Å². The lowest BCUT2D eigenvalue weighted by atomic mass is 10.2. The molecule has 16 heavy (non-hydrogen) atoms. The van der Waals surface area contributed by atoms with E-state index in [-0.39, 0.29) is 6.79 Å². The van der Waals surface area contributed by atoms with Gasteiger partial charge in [-0.05, 0) is 28.1 Å². The number of benzene rings is 1. The first-order valence-electron chi connectivity index (χ1n) is 4.34. The van der Waals surface area contributed by atoms with E-state index in [0.29, 0.717) is 11.5 Å². The van der Waals surface area contributed by atoms with Crippen LogP contribution in [0.5, 0.6) is 11.5 Å². The van der Waals surface area contributed by atoms with Crippen molar-refractivity contribution in [1.82, 2.24) is 5.43 Å². The lowest BCUT2D eigenvalue weighted by Gasteiger charge is -2.01. The molecule has 1 aromatic carbocycles. The third-order valence-electron chi connectivity index (χ3n) is 1.87. The van der Waals surface area contributed by atoms with Crippen LogP contribution >= 0.6 is 15.9 Å². The summed E-state index contributed by atoms with van der Waals surface area (Å²) in [6.07, 6.45) is 1.46. The fourth-order valence-electron chi connectivity index (χ4n) is 1.20. The smallest absolute Gasteiger partial charge is 0.332 e. The van der Waals surface area contributed by atoms with Crippen molar-refractivity contribution in [2.45, 2.75) is 0 Å². The molecule has 1 aromatic rings.